The number of hydrogen-bond donors (Lipinski definition) is 0. The standard InChI is InChI=1S/C21H20N2O3/c1-14-9-10-18-17(11-14)21(16-7-5-4-6-8-16)23(13-20(25)22(18)3)19(24)12-15(2)26-21/h4-12H,13H2,1-3H3. The van der Waals surface area contributed by atoms with E-state index in [1.165, 1.54) is 11.0 Å². The van der Waals surface area contributed by atoms with Crippen LogP contribution in [-0.2, 0) is 20.1 Å². The van der Waals surface area contributed by atoms with Gasteiger partial charge in [0.25, 0.3) is 5.91 Å². The normalized spacial score (nSPS) is 22.2. The zero-order valence-corrected chi connectivity index (χ0v) is 15.0. The van der Waals surface area contributed by atoms with E-state index >= 15 is 0 Å². The molecule has 132 valence electrons. The third kappa shape index (κ3) is 2.24. The number of aryl methyl sites for hydroxylation is 1. The second kappa shape index (κ2) is 5.73. The second-order valence-corrected chi connectivity index (χ2v) is 6.76. The van der Waals surface area contributed by atoms with Gasteiger partial charge in [-0.25, -0.2) is 0 Å². The molecule has 0 bridgehead atoms. The van der Waals surface area contributed by atoms with E-state index in [-0.39, 0.29) is 18.4 Å². The van der Waals surface area contributed by atoms with Gasteiger partial charge in [-0.1, -0.05) is 42.0 Å². The molecule has 0 aliphatic carbocycles. The van der Waals surface area contributed by atoms with E-state index in [0.717, 1.165) is 22.4 Å². The smallest absolute Gasteiger partial charge is 0.254 e. The molecule has 5 heteroatoms. The average molecular weight is 348 g/mol. The molecule has 2 aliphatic heterocycles. The Bertz CT molecular complexity index is 936. The lowest BCUT2D eigenvalue weighted by Crippen LogP contribution is -2.54. The lowest BCUT2D eigenvalue weighted by Gasteiger charge is -2.45. The summed E-state index contributed by atoms with van der Waals surface area (Å²) in [6.07, 6.45) is 1.44. The van der Waals surface area contributed by atoms with Crippen molar-refractivity contribution in [1.82, 2.24) is 4.90 Å². The van der Waals surface area contributed by atoms with Crippen molar-refractivity contribution in [1.29, 1.82) is 0 Å². The molecule has 0 radical (unpaired) electrons. The van der Waals surface area contributed by atoms with Crippen LogP contribution in [0.3, 0.4) is 0 Å². The fraction of sp³-hybridized carbons (Fsp3) is 0.238. The average Bonchev–Trinajstić information content (AvgIpc) is 2.71. The molecule has 0 saturated heterocycles. The summed E-state index contributed by atoms with van der Waals surface area (Å²) in [4.78, 5) is 28.8. The van der Waals surface area contributed by atoms with Gasteiger partial charge in [0.15, 0.2) is 0 Å². The molecule has 1 unspecified atom stereocenters. The first-order valence-corrected chi connectivity index (χ1v) is 8.55. The van der Waals surface area contributed by atoms with Gasteiger partial charge in [0, 0.05) is 24.3 Å². The number of rotatable bonds is 1. The Morgan fingerprint density at radius 2 is 1.77 bits per heavy atom. The number of anilines is 1. The molecule has 0 aromatic heterocycles. The highest BCUT2D eigenvalue weighted by molar-refractivity contribution is 6.01. The molecule has 0 spiro atoms. The van der Waals surface area contributed by atoms with Gasteiger partial charge in [0.2, 0.25) is 11.6 Å². The summed E-state index contributed by atoms with van der Waals surface area (Å²) >= 11 is 0. The van der Waals surface area contributed by atoms with Crippen molar-refractivity contribution in [2.75, 3.05) is 18.5 Å². The predicted octanol–water partition coefficient (Wildman–Crippen LogP) is 2.94. The Morgan fingerprint density at radius 1 is 1.04 bits per heavy atom. The fourth-order valence-corrected chi connectivity index (χ4v) is 3.74. The number of ether oxygens (including phenoxy) is 1. The molecule has 0 saturated carbocycles. The van der Waals surface area contributed by atoms with Gasteiger partial charge >= 0.3 is 0 Å². The van der Waals surface area contributed by atoms with Crippen LogP contribution in [0.5, 0.6) is 0 Å². The van der Waals surface area contributed by atoms with E-state index < -0.39 is 5.72 Å². The van der Waals surface area contributed by atoms with Gasteiger partial charge in [-0.15, -0.1) is 0 Å². The van der Waals surface area contributed by atoms with Crippen molar-refractivity contribution in [3.05, 3.63) is 77.1 Å². The number of fused-ring (bicyclic) bond motifs is 3. The first-order valence-electron chi connectivity index (χ1n) is 8.55. The minimum absolute atomic E-state index is 0.0538. The number of benzene rings is 2. The summed E-state index contributed by atoms with van der Waals surface area (Å²) in [5.41, 5.74) is 2.21. The quantitative estimate of drug-likeness (QED) is 0.796. The second-order valence-electron chi connectivity index (χ2n) is 6.76. The number of hydrogen-bond acceptors (Lipinski definition) is 3. The minimum Gasteiger partial charge on any atom is -0.464 e. The maximum atomic E-state index is 12.9. The van der Waals surface area contributed by atoms with Gasteiger partial charge in [-0.05, 0) is 26.0 Å². The number of allylic oxidation sites excluding steroid dienone is 1. The van der Waals surface area contributed by atoms with Crippen LogP contribution in [0.1, 0.15) is 23.6 Å². The zero-order valence-electron chi connectivity index (χ0n) is 15.0. The van der Waals surface area contributed by atoms with Crippen LogP contribution in [0, 0.1) is 6.92 Å². The van der Waals surface area contributed by atoms with Crippen LogP contribution >= 0.6 is 0 Å². The summed E-state index contributed by atoms with van der Waals surface area (Å²) < 4.78 is 6.38. The summed E-state index contributed by atoms with van der Waals surface area (Å²) in [6, 6.07) is 15.5. The van der Waals surface area contributed by atoms with Crippen LogP contribution in [-0.4, -0.2) is 30.3 Å². The first kappa shape index (κ1) is 16.4. The van der Waals surface area contributed by atoms with Gasteiger partial charge in [0.1, 0.15) is 12.3 Å². The van der Waals surface area contributed by atoms with Crippen LogP contribution in [0.2, 0.25) is 0 Å². The summed E-state index contributed by atoms with van der Waals surface area (Å²) in [7, 11) is 1.73. The Labute approximate surface area is 152 Å². The molecule has 0 fully saturated rings. The van der Waals surface area contributed by atoms with E-state index in [1.807, 2.05) is 55.5 Å². The van der Waals surface area contributed by atoms with E-state index in [4.69, 9.17) is 4.74 Å². The molecular formula is C21H20N2O3. The minimum atomic E-state index is -1.17. The van der Waals surface area contributed by atoms with Gasteiger partial charge in [-0.3, -0.25) is 14.5 Å². The van der Waals surface area contributed by atoms with E-state index in [0.29, 0.717) is 5.76 Å². The first-order chi connectivity index (χ1) is 12.4. The number of carbonyl (C=O) groups is 2. The zero-order chi connectivity index (χ0) is 18.5. The number of carbonyl (C=O) groups excluding carboxylic acids is 2. The van der Waals surface area contributed by atoms with Crippen molar-refractivity contribution < 1.29 is 14.3 Å². The van der Waals surface area contributed by atoms with E-state index in [2.05, 4.69) is 0 Å². The molecule has 2 aromatic rings. The lowest BCUT2D eigenvalue weighted by molar-refractivity contribution is -0.161. The topological polar surface area (TPSA) is 49.9 Å². The van der Waals surface area contributed by atoms with Crippen molar-refractivity contribution in [3.8, 4) is 0 Å². The molecule has 2 aliphatic rings. The van der Waals surface area contributed by atoms with E-state index in [9.17, 15) is 9.59 Å². The molecule has 1 atom stereocenters. The van der Waals surface area contributed by atoms with Gasteiger partial charge in [-0.2, -0.15) is 0 Å². The Kier molecular flexibility index (Phi) is 3.61. The van der Waals surface area contributed by atoms with Crippen LogP contribution in [0.15, 0.2) is 60.4 Å². The highest BCUT2D eigenvalue weighted by Gasteiger charge is 2.52. The molecule has 2 amide bonds. The maximum Gasteiger partial charge on any atom is 0.254 e. The van der Waals surface area contributed by atoms with Crippen molar-refractivity contribution >= 4 is 17.5 Å². The summed E-state index contributed by atoms with van der Waals surface area (Å²) in [5, 5.41) is 0. The van der Waals surface area contributed by atoms with Crippen LogP contribution in [0.4, 0.5) is 5.69 Å². The van der Waals surface area contributed by atoms with Crippen molar-refractivity contribution in [3.63, 3.8) is 0 Å². The number of amides is 2. The monoisotopic (exact) mass is 348 g/mol. The van der Waals surface area contributed by atoms with E-state index in [1.54, 1.807) is 18.9 Å². The third-order valence-electron chi connectivity index (χ3n) is 4.99. The lowest BCUT2D eigenvalue weighted by atomic mass is 9.89. The Balaban J connectivity index is 2.11. The van der Waals surface area contributed by atoms with Gasteiger partial charge in [0.05, 0.1) is 5.69 Å². The largest absolute Gasteiger partial charge is 0.464 e. The molecule has 26 heavy (non-hydrogen) atoms. The summed E-state index contributed by atoms with van der Waals surface area (Å²) in [5.74, 6) is 0.145. The Hall–Kier alpha value is -3.08. The van der Waals surface area contributed by atoms with Crippen LogP contribution in [0.25, 0.3) is 0 Å². The van der Waals surface area contributed by atoms with Gasteiger partial charge < -0.3 is 9.64 Å². The van der Waals surface area contributed by atoms with Crippen molar-refractivity contribution in [2.24, 2.45) is 0 Å². The fourth-order valence-electron chi connectivity index (χ4n) is 3.74. The molecule has 0 N–H and O–H groups in total. The molecule has 4 rings (SSSR count). The predicted molar refractivity (Wildman–Crippen MR) is 98.4 cm³/mol. The molecular weight excluding hydrogens is 328 g/mol. The van der Waals surface area contributed by atoms with Crippen molar-refractivity contribution in [2.45, 2.75) is 19.6 Å². The molecule has 5 nitrogen and oxygen atoms in total. The molecule has 2 aromatic carbocycles. The SMILES string of the molecule is CC1=CC(=O)N2CC(=O)N(C)c3ccc(C)cc3C2(c2ccccc2)O1. The maximum absolute atomic E-state index is 12.9. The highest BCUT2D eigenvalue weighted by Crippen LogP contribution is 2.47. The summed E-state index contributed by atoms with van der Waals surface area (Å²) in [6.45, 7) is 3.71. The Morgan fingerprint density at radius 3 is 2.50 bits per heavy atom. The van der Waals surface area contributed by atoms with Crippen LogP contribution < -0.4 is 4.90 Å². The highest BCUT2D eigenvalue weighted by atomic mass is 16.5. The molecule has 2 heterocycles. The number of nitrogens with zero attached hydrogens (tertiary/aromatic N) is 2. The third-order valence-corrected chi connectivity index (χ3v) is 4.99. The number of likely N-dealkylation sites (N-methyl/N-ethyl adjacent to an activating group) is 1.